The number of carbonyl (C=O) groups is 1. The van der Waals surface area contributed by atoms with E-state index in [0.717, 1.165) is 11.1 Å². The molecule has 0 aliphatic heterocycles. The normalized spacial score (nSPS) is 10.4. The molecule has 0 radical (unpaired) electrons. The van der Waals surface area contributed by atoms with Gasteiger partial charge in [-0.05, 0) is 17.2 Å². The van der Waals surface area contributed by atoms with Gasteiger partial charge in [-0.1, -0.05) is 24.3 Å². The molecule has 1 aromatic carbocycles. The molecule has 122 valence electrons. The number of imidazole rings is 1. The zero-order chi connectivity index (χ0) is 16.8. The average Bonchev–Trinajstić information content (AvgIpc) is 3.14. The van der Waals surface area contributed by atoms with Crippen molar-refractivity contribution in [3.63, 3.8) is 0 Å². The minimum absolute atomic E-state index is 0.253. The zero-order valence-electron chi connectivity index (χ0n) is 13.2. The minimum Gasteiger partial charge on any atom is -0.480 e. The summed E-state index contributed by atoms with van der Waals surface area (Å²) < 4.78 is 6.91. The first kappa shape index (κ1) is 15.7. The van der Waals surface area contributed by atoms with Crippen molar-refractivity contribution in [1.29, 1.82) is 0 Å². The highest BCUT2D eigenvalue weighted by atomic mass is 16.5. The lowest BCUT2D eigenvalue weighted by atomic mass is 10.1. The Hall–Kier alpha value is -3.22. The van der Waals surface area contributed by atoms with Crippen LogP contribution in [0.3, 0.4) is 0 Å². The van der Waals surface area contributed by atoms with Crippen LogP contribution in [0.15, 0.2) is 55.1 Å². The van der Waals surface area contributed by atoms with E-state index in [2.05, 4.69) is 20.5 Å². The van der Waals surface area contributed by atoms with E-state index in [1.165, 1.54) is 7.11 Å². The van der Waals surface area contributed by atoms with Crippen LogP contribution in [0.4, 0.5) is 0 Å². The Bertz CT molecular complexity index is 800. The topological polar surface area (TPSA) is 81.9 Å². The monoisotopic (exact) mass is 323 g/mol. The summed E-state index contributed by atoms with van der Waals surface area (Å²) in [5, 5.41) is 10.5. The van der Waals surface area contributed by atoms with Crippen LogP contribution in [0, 0.1) is 0 Å². The molecule has 0 bridgehead atoms. The van der Waals surface area contributed by atoms with E-state index in [1.807, 2.05) is 35.0 Å². The molecule has 7 heteroatoms. The summed E-state index contributed by atoms with van der Waals surface area (Å²) >= 11 is 0. The summed E-state index contributed by atoms with van der Waals surface area (Å²) in [5.41, 5.74) is 2.42. The lowest BCUT2D eigenvalue weighted by Gasteiger charge is -2.11. The molecule has 0 fully saturated rings. The van der Waals surface area contributed by atoms with E-state index in [4.69, 9.17) is 4.74 Å². The number of nitrogens with zero attached hydrogens (tertiary/aromatic N) is 4. The van der Waals surface area contributed by atoms with Crippen LogP contribution in [-0.4, -0.2) is 32.8 Å². The molecule has 2 heterocycles. The van der Waals surface area contributed by atoms with Gasteiger partial charge < -0.3 is 14.6 Å². The Morgan fingerprint density at radius 2 is 2.00 bits per heavy atom. The lowest BCUT2D eigenvalue weighted by Crippen LogP contribution is -2.24. The molecular formula is C17H17N5O2. The van der Waals surface area contributed by atoms with Crippen molar-refractivity contribution in [2.24, 2.45) is 0 Å². The van der Waals surface area contributed by atoms with Gasteiger partial charge in [-0.3, -0.25) is 4.79 Å². The van der Waals surface area contributed by atoms with Gasteiger partial charge in [0.1, 0.15) is 0 Å². The second kappa shape index (κ2) is 7.36. The largest absolute Gasteiger partial charge is 0.480 e. The summed E-state index contributed by atoms with van der Waals surface area (Å²) in [6.45, 7) is 1.12. The number of amides is 1. The standard InChI is InChI=1S/C17H17N5O2/c1-24-16-7-6-15(20-21-16)17(23)19-10-13-4-2-3-5-14(13)11-22-9-8-18-12-22/h2-9,12H,10-11H2,1H3,(H,19,23). The Labute approximate surface area is 139 Å². The second-order valence-corrected chi connectivity index (χ2v) is 5.15. The number of hydrogen-bond donors (Lipinski definition) is 1. The van der Waals surface area contributed by atoms with Crippen LogP contribution >= 0.6 is 0 Å². The van der Waals surface area contributed by atoms with E-state index in [1.54, 1.807) is 24.7 Å². The van der Waals surface area contributed by atoms with Crippen LogP contribution in [0.25, 0.3) is 0 Å². The second-order valence-electron chi connectivity index (χ2n) is 5.15. The molecule has 0 atom stereocenters. The molecule has 0 spiro atoms. The van der Waals surface area contributed by atoms with E-state index >= 15 is 0 Å². The van der Waals surface area contributed by atoms with Crippen LogP contribution in [0.1, 0.15) is 21.6 Å². The molecule has 3 aromatic rings. The number of nitrogens with one attached hydrogen (secondary N) is 1. The molecule has 0 saturated heterocycles. The lowest BCUT2D eigenvalue weighted by molar-refractivity contribution is 0.0944. The predicted molar refractivity (Wildman–Crippen MR) is 87.5 cm³/mol. The predicted octanol–water partition coefficient (Wildman–Crippen LogP) is 1.66. The van der Waals surface area contributed by atoms with E-state index in [0.29, 0.717) is 19.0 Å². The van der Waals surface area contributed by atoms with Crippen LogP contribution in [0.5, 0.6) is 5.88 Å². The van der Waals surface area contributed by atoms with Gasteiger partial charge in [0.05, 0.1) is 13.4 Å². The van der Waals surface area contributed by atoms with E-state index in [-0.39, 0.29) is 11.6 Å². The van der Waals surface area contributed by atoms with Crippen molar-refractivity contribution >= 4 is 5.91 Å². The van der Waals surface area contributed by atoms with Gasteiger partial charge in [-0.25, -0.2) is 4.98 Å². The molecule has 1 N–H and O–H groups in total. The van der Waals surface area contributed by atoms with Crippen molar-refractivity contribution in [3.05, 3.63) is 71.9 Å². The summed E-state index contributed by atoms with van der Waals surface area (Å²) in [4.78, 5) is 16.2. The van der Waals surface area contributed by atoms with Crippen molar-refractivity contribution in [2.45, 2.75) is 13.1 Å². The fourth-order valence-electron chi connectivity index (χ4n) is 2.28. The first-order valence-corrected chi connectivity index (χ1v) is 7.44. The number of carbonyl (C=O) groups excluding carboxylic acids is 1. The van der Waals surface area contributed by atoms with E-state index < -0.39 is 0 Å². The third-order valence-electron chi connectivity index (χ3n) is 3.55. The third kappa shape index (κ3) is 3.75. The summed E-state index contributed by atoms with van der Waals surface area (Å²) in [5.74, 6) is 0.0971. The average molecular weight is 323 g/mol. The van der Waals surface area contributed by atoms with Gasteiger partial charge in [0, 0.05) is 31.5 Å². The molecule has 1 amide bonds. The van der Waals surface area contributed by atoms with Gasteiger partial charge in [-0.2, -0.15) is 0 Å². The fraction of sp³-hybridized carbons (Fsp3) is 0.176. The van der Waals surface area contributed by atoms with Gasteiger partial charge in [0.2, 0.25) is 5.88 Å². The molecule has 0 saturated carbocycles. The summed E-state index contributed by atoms with van der Waals surface area (Å²) in [7, 11) is 1.50. The minimum atomic E-state index is -0.275. The summed E-state index contributed by atoms with van der Waals surface area (Å²) in [6.07, 6.45) is 5.41. The Kier molecular flexibility index (Phi) is 4.81. The quantitative estimate of drug-likeness (QED) is 0.746. The number of benzene rings is 1. The van der Waals surface area contributed by atoms with Crippen molar-refractivity contribution in [2.75, 3.05) is 7.11 Å². The molecule has 2 aromatic heterocycles. The van der Waals surface area contributed by atoms with Crippen LogP contribution < -0.4 is 10.1 Å². The van der Waals surface area contributed by atoms with Crippen LogP contribution in [0.2, 0.25) is 0 Å². The maximum Gasteiger partial charge on any atom is 0.272 e. The number of hydrogen-bond acceptors (Lipinski definition) is 5. The zero-order valence-corrected chi connectivity index (χ0v) is 13.2. The number of aromatic nitrogens is 4. The molecule has 3 rings (SSSR count). The first-order valence-electron chi connectivity index (χ1n) is 7.44. The van der Waals surface area contributed by atoms with Gasteiger partial charge in [0.25, 0.3) is 5.91 Å². The SMILES string of the molecule is COc1ccc(C(=O)NCc2ccccc2Cn2ccnc2)nn1. The molecule has 7 nitrogen and oxygen atoms in total. The van der Waals surface area contributed by atoms with Crippen LogP contribution in [-0.2, 0) is 13.1 Å². The van der Waals surface area contributed by atoms with Gasteiger partial charge in [-0.15, -0.1) is 10.2 Å². The molecule has 24 heavy (non-hydrogen) atoms. The van der Waals surface area contributed by atoms with Gasteiger partial charge in [0.15, 0.2) is 5.69 Å². The van der Waals surface area contributed by atoms with Crippen molar-refractivity contribution in [1.82, 2.24) is 25.1 Å². The number of rotatable bonds is 6. The first-order chi connectivity index (χ1) is 11.8. The molecular weight excluding hydrogens is 306 g/mol. The molecule has 0 aliphatic carbocycles. The number of methoxy groups -OCH3 is 1. The van der Waals surface area contributed by atoms with Gasteiger partial charge >= 0.3 is 0 Å². The van der Waals surface area contributed by atoms with Crippen molar-refractivity contribution in [3.8, 4) is 5.88 Å². The Morgan fingerprint density at radius 1 is 1.17 bits per heavy atom. The Morgan fingerprint density at radius 3 is 2.67 bits per heavy atom. The summed E-state index contributed by atoms with van der Waals surface area (Å²) in [6, 6.07) is 11.1. The highest BCUT2D eigenvalue weighted by Gasteiger charge is 2.09. The fourth-order valence-corrected chi connectivity index (χ4v) is 2.28. The smallest absolute Gasteiger partial charge is 0.272 e. The third-order valence-corrected chi connectivity index (χ3v) is 3.55. The maximum atomic E-state index is 12.2. The number of ether oxygens (including phenoxy) is 1. The highest BCUT2D eigenvalue weighted by Crippen LogP contribution is 2.11. The van der Waals surface area contributed by atoms with E-state index in [9.17, 15) is 4.79 Å². The highest BCUT2D eigenvalue weighted by molar-refractivity contribution is 5.92. The molecule has 0 unspecified atom stereocenters. The Balaban J connectivity index is 1.66. The molecule has 0 aliphatic rings. The maximum absolute atomic E-state index is 12.2. The van der Waals surface area contributed by atoms with Crippen molar-refractivity contribution < 1.29 is 9.53 Å².